The zero-order chi connectivity index (χ0) is 14.4. The summed E-state index contributed by atoms with van der Waals surface area (Å²) in [6.07, 6.45) is 0.416. The number of benzene rings is 1. The number of anilines is 2. The van der Waals surface area contributed by atoms with Crippen LogP contribution in [0.4, 0.5) is 11.4 Å². The maximum atomic E-state index is 11.8. The number of halogens is 1. The van der Waals surface area contributed by atoms with Crippen LogP contribution < -0.4 is 10.6 Å². The summed E-state index contributed by atoms with van der Waals surface area (Å²) in [4.78, 5) is 23.2. The molecule has 1 atom stereocenters. The van der Waals surface area contributed by atoms with E-state index in [-0.39, 0.29) is 23.6 Å². The van der Waals surface area contributed by atoms with Crippen molar-refractivity contribution in [2.75, 3.05) is 16.5 Å². The molecule has 0 aliphatic carbocycles. The van der Waals surface area contributed by atoms with Crippen LogP contribution in [-0.4, -0.2) is 17.7 Å². The summed E-state index contributed by atoms with van der Waals surface area (Å²) in [6, 6.07) is 5.40. The normalized spacial score (nSPS) is 11.8. The van der Waals surface area contributed by atoms with E-state index >= 15 is 0 Å². The summed E-state index contributed by atoms with van der Waals surface area (Å²) in [7, 11) is 0. The smallest absolute Gasteiger partial charge is 0.228 e. The van der Waals surface area contributed by atoms with Crippen LogP contribution in [0, 0.1) is 12.8 Å². The first kappa shape index (κ1) is 15.5. The number of hydrogen-bond donors (Lipinski definition) is 2. The van der Waals surface area contributed by atoms with Crippen molar-refractivity contribution < 1.29 is 9.59 Å². The van der Waals surface area contributed by atoms with E-state index in [0.717, 1.165) is 5.56 Å². The molecule has 5 heteroatoms. The Morgan fingerprint density at radius 3 is 2.37 bits per heavy atom. The molecule has 2 amide bonds. The highest BCUT2D eigenvalue weighted by atomic mass is 35.5. The van der Waals surface area contributed by atoms with Gasteiger partial charge in [0.1, 0.15) is 0 Å². The van der Waals surface area contributed by atoms with Gasteiger partial charge >= 0.3 is 0 Å². The van der Waals surface area contributed by atoms with Gasteiger partial charge in [-0.2, -0.15) is 0 Å². The van der Waals surface area contributed by atoms with Crippen molar-refractivity contribution in [1.82, 2.24) is 0 Å². The molecule has 104 valence electrons. The summed E-state index contributed by atoms with van der Waals surface area (Å²) in [6.45, 7) is 5.41. The Kier molecular flexibility index (Phi) is 5.83. The molecule has 0 aliphatic rings. The van der Waals surface area contributed by atoms with E-state index in [1.165, 1.54) is 0 Å². The molecule has 0 spiro atoms. The number of carbonyl (C=O) groups excluding carboxylic acids is 2. The molecule has 0 aromatic heterocycles. The van der Waals surface area contributed by atoms with Gasteiger partial charge < -0.3 is 10.6 Å². The van der Waals surface area contributed by atoms with Crippen molar-refractivity contribution in [3.05, 3.63) is 23.8 Å². The molecule has 0 fully saturated rings. The second-order valence-electron chi connectivity index (χ2n) is 4.42. The number of nitrogens with one attached hydrogen (secondary N) is 2. The molecule has 4 nitrogen and oxygen atoms in total. The van der Waals surface area contributed by atoms with Crippen LogP contribution in [0.1, 0.15) is 25.8 Å². The monoisotopic (exact) mass is 282 g/mol. The predicted molar refractivity (Wildman–Crippen MR) is 78.6 cm³/mol. The summed E-state index contributed by atoms with van der Waals surface area (Å²) >= 11 is 5.65. The first-order valence-corrected chi connectivity index (χ1v) is 6.79. The number of amides is 2. The quantitative estimate of drug-likeness (QED) is 0.815. The topological polar surface area (TPSA) is 58.2 Å². The highest BCUT2D eigenvalue weighted by Gasteiger charge is 2.14. The van der Waals surface area contributed by atoms with Gasteiger partial charge in [0.25, 0.3) is 0 Å². The van der Waals surface area contributed by atoms with Gasteiger partial charge in [0.2, 0.25) is 11.8 Å². The van der Waals surface area contributed by atoms with Crippen LogP contribution in [0.5, 0.6) is 0 Å². The minimum atomic E-state index is -0.255. The van der Waals surface area contributed by atoms with E-state index in [0.29, 0.717) is 17.8 Å². The third kappa shape index (κ3) is 4.24. The molecule has 1 aromatic rings. The maximum Gasteiger partial charge on any atom is 0.228 e. The summed E-state index contributed by atoms with van der Waals surface area (Å²) in [5.41, 5.74) is 2.23. The van der Waals surface area contributed by atoms with Crippen molar-refractivity contribution in [3.8, 4) is 0 Å². The molecule has 0 saturated heterocycles. The predicted octanol–water partition coefficient (Wildman–Crippen LogP) is 3.16. The molecule has 2 N–H and O–H groups in total. The van der Waals surface area contributed by atoms with Crippen LogP contribution in [0.2, 0.25) is 0 Å². The summed E-state index contributed by atoms with van der Waals surface area (Å²) in [5.74, 6) is -0.162. The number of hydrogen-bond acceptors (Lipinski definition) is 2. The van der Waals surface area contributed by atoms with Gasteiger partial charge in [-0.05, 0) is 24.6 Å². The van der Waals surface area contributed by atoms with E-state index in [2.05, 4.69) is 10.6 Å². The van der Waals surface area contributed by atoms with Gasteiger partial charge in [-0.1, -0.05) is 19.9 Å². The lowest BCUT2D eigenvalue weighted by Gasteiger charge is -2.14. The fourth-order valence-corrected chi connectivity index (χ4v) is 1.61. The largest absolute Gasteiger partial charge is 0.326 e. The molecule has 0 aliphatic heterocycles. The first-order valence-electron chi connectivity index (χ1n) is 6.25. The molecule has 1 aromatic carbocycles. The van der Waals surface area contributed by atoms with Crippen LogP contribution in [0.3, 0.4) is 0 Å². The fourth-order valence-electron chi connectivity index (χ4n) is 1.47. The van der Waals surface area contributed by atoms with E-state index in [9.17, 15) is 9.59 Å². The molecule has 0 radical (unpaired) electrons. The molecule has 1 rings (SSSR count). The highest BCUT2D eigenvalue weighted by Crippen LogP contribution is 2.24. The van der Waals surface area contributed by atoms with Crippen molar-refractivity contribution in [1.29, 1.82) is 0 Å². The van der Waals surface area contributed by atoms with Crippen molar-refractivity contribution in [2.24, 2.45) is 5.92 Å². The van der Waals surface area contributed by atoms with E-state index in [1.54, 1.807) is 26.0 Å². The van der Waals surface area contributed by atoms with Gasteiger partial charge in [0, 0.05) is 29.6 Å². The second-order valence-corrected chi connectivity index (χ2v) is 4.73. The Hall–Kier alpha value is -1.55. The Bertz CT molecular complexity index is 475. The Morgan fingerprint density at radius 1 is 1.26 bits per heavy atom. The molecule has 0 saturated carbocycles. The van der Waals surface area contributed by atoms with E-state index < -0.39 is 0 Å². The molecule has 0 bridgehead atoms. The molecular formula is C14H19ClN2O2. The third-order valence-electron chi connectivity index (χ3n) is 2.87. The molecule has 1 unspecified atom stereocenters. The summed E-state index contributed by atoms with van der Waals surface area (Å²) < 4.78 is 0. The third-order valence-corrected chi connectivity index (χ3v) is 3.33. The molecule has 0 heterocycles. The van der Waals surface area contributed by atoms with Gasteiger partial charge in [0.05, 0.1) is 0 Å². The minimum Gasteiger partial charge on any atom is -0.326 e. The average Bonchev–Trinajstić information content (AvgIpc) is 2.41. The lowest BCUT2D eigenvalue weighted by atomic mass is 10.1. The highest BCUT2D eigenvalue weighted by molar-refractivity contribution is 6.19. The molecule has 19 heavy (non-hydrogen) atoms. The number of rotatable bonds is 5. The summed E-state index contributed by atoms with van der Waals surface area (Å²) in [5, 5.41) is 5.62. The Morgan fingerprint density at radius 2 is 1.84 bits per heavy atom. The Labute approximate surface area is 118 Å². The first-order chi connectivity index (χ1) is 8.99. The molecular weight excluding hydrogens is 264 g/mol. The number of carbonyl (C=O) groups is 2. The number of alkyl halides is 1. The lowest BCUT2D eigenvalue weighted by Crippen LogP contribution is -2.22. The lowest BCUT2D eigenvalue weighted by molar-refractivity contribution is -0.119. The van der Waals surface area contributed by atoms with Crippen molar-refractivity contribution in [2.45, 2.75) is 27.2 Å². The van der Waals surface area contributed by atoms with E-state index in [1.807, 2.05) is 13.0 Å². The zero-order valence-electron chi connectivity index (χ0n) is 11.4. The minimum absolute atomic E-state index is 0.0549. The van der Waals surface area contributed by atoms with Gasteiger partial charge in [-0.3, -0.25) is 9.59 Å². The van der Waals surface area contributed by atoms with Gasteiger partial charge in [-0.15, -0.1) is 11.6 Å². The van der Waals surface area contributed by atoms with Crippen molar-refractivity contribution >= 4 is 34.8 Å². The van der Waals surface area contributed by atoms with Crippen LogP contribution in [-0.2, 0) is 9.59 Å². The average molecular weight is 283 g/mol. The van der Waals surface area contributed by atoms with E-state index in [4.69, 9.17) is 11.6 Å². The second kappa shape index (κ2) is 7.14. The van der Waals surface area contributed by atoms with Crippen LogP contribution in [0.15, 0.2) is 18.2 Å². The fraction of sp³-hybridized carbons (Fsp3) is 0.429. The van der Waals surface area contributed by atoms with Gasteiger partial charge in [0.15, 0.2) is 0 Å². The van der Waals surface area contributed by atoms with Crippen molar-refractivity contribution in [3.63, 3.8) is 0 Å². The Balaban J connectivity index is 2.88. The van der Waals surface area contributed by atoms with Crippen LogP contribution >= 0.6 is 11.6 Å². The maximum absolute atomic E-state index is 11.8. The standard InChI is InChI=1S/C14H19ClN2O2/c1-4-13(18)16-11-6-5-7-12(10(11)3)17-14(19)9(2)8-15/h5-7,9H,4,8H2,1-3H3,(H,16,18)(H,17,19). The SMILES string of the molecule is CCC(=O)Nc1cccc(NC(=O)C(C)CCl)c1C. The van der Waals surface area contributed by atoms with Crippen LogP contribution in [0.25, 0.3) is 0 Å². The van der Waals surface area contributed by atoms with Gasteiger partial charge in [-0.25, -0.2) is 0 Å². The zero-order valence-corrected chi connectivity index (χ0v) is 12.2.